The summed E-state index contributed by atoms with van der Waals surface area (Å²) in [4.78, 5) is 15.1. The molecular weight excluding hydrogens is 388 g/mol. The molecule has 0 aliphatic carbocycles. The quantitative estimate of drug-likeness (QED) is 0.619. The third kappa shape index (κ3) is 3.85. The largest absolute Gasteiger partial charge is 0.328 e. The van der Waals surface area contributed by atoms with Crippen molar-refractivity contribution >= 4 is 22.0 Å². The van der Waals surface area contributed by atoms with E-state index in [0.717, 1.165) is 41.4 Å². The summed E-state index contributed by atoms with van der Waals surface area (Å²) in [5, 5.41) is 3.33. The number of hydrogen-bond donors (Lipinski definition) is 1. The average molecular weight is 413 g/mol. The number of hydrogen-bond acceptors (Lipinski definition) is 1. The van der Waals surface area contributed by atoms with Crippen molar-refractivity contribution in [2.45, 2.75) is 37.8 Å². The molecule has 2 unspecified atom stereocenters. The number of carbonyl (C=O) groups is 1. The first-order valence-corrected chi connectivity index (χ1v) is 9.86. The molecule has 3 rings (SSSR count). The minimum atomic E-state index is -0.381. The Labute approximate surface area is 164 Å². The van der Waals surface area contributed by atoms with E-state index in [0.29, 0.717) is 0 Å². The molecule has 3 nitrogen and oxygen atoms in total. The maximum absolute atomic E-state index is 13.1. The van der Waals surface area contributed by atoms with Gasteiger partial charge < -0.3 is 10.2 Å². The van der Waals surface area contributed by atoms with E-state index in [1.54, 1.807) is 0 Å². The number of benzene rings is 2. The van der Waals surface area contributed by atoms with E-state index < -0.39 is 0 Å². The zero-order valence-electron chi connectivity index (χ0n) is 15.1. The number of urea groups is 1. The molecule has 0 aromatic heterocycles. The predicted molar refractivity (Wildman–Crippen MR) is 110 cm³/mol. The van der Waals surface area contributed by atoms with E-state index in [2.05, 4.69) is 59.0 Å². The molecule has 1 heterocycles. The Morgan fingerprint density at radius 2 is 1.92 bits per heavy atom. The number of nitrogens with one attached hydrogen (secondary N) is 1. The molecule has 4 heteroatoms. The van der Waals surface area contributed by atoms with Gasteiger partial charge in [-0.25, -0.2) is 4.79 Å². The monoisotopic (exact) mass is 412 g/mol. The van der Waals surface area contributed by atoms with E-state index in [9.17, 15) is 4.79 Å². The average Bonchev–Trinajstić information content (AvgIpc) is 2.82. The van der Waals surface area contributed by atoms with Crippen LogP contribution in [0.25, 0.3) is 0 Å². The van der Waals surface area contributed by atoms with Gasteiger partial charge in [0.25, 0.3) is 0 Å². The SMILES string of the molecule is C=CCC1(c2ccccc2)CCCN(C(C)c2ccc(Br)cc2)C(=O)N1. The Morgan fingerprint density at radius 3 is 2.58 bits per heavy atom. The predicted octanol–water partition coefficient (Wildman–Crippen LogP) is 5.79. The van der Waals surface area contributed by atoms with Crippen molar-refractivity contribution in [3.63, 3.8) is 0 Å². The summed E-state index contributed by atoms with van der Waals surface area (Å²) in [5.74, 6) is 0. The fourth-order valence-electron chi connectivity index (χ4n) is 3.77. The maximum atomic E-state index is 13.1. The molecule has 2 aromatic carbocycles. The zero-order valence-corrected chi connectivity index (χ0v) is 16.7. The molecule has 0 spiro atoms. The standard InChI is InChI=1S/C22H25BrN2O/c1-3-14-22(19-8-5-4-6-9-19)15-7-16-25(21(26)24-22)17(2)18-10-12-20(23)13-11-18/h3-6,8-13,17H,1,7,14-16H2,2H3,(H,24,26). The molecule has 1 N–H and O–H groups in total. The van der Waals surface area contributed by atoms with E-state index in [1.807, 2.05) is 41.3 Å². The number of amides is 2. The van der Waals surface area contributed by atoms with Crippen molar-refractivity contribution in [2.75, 3.05) is 6.54 Å². The highest BCUT2D eigenvalue weighted by molar-refractivity contribution is 9.10. The zero-order chi connectivity index (χ0) is 18.6. The minimum absolute atomic E-state index is 0.0105. The lowest BCUT2D eigenvalue weighted by atomic mass is 9.83. The summed E-state index contributed by atoms with van der Waals surface area (Å²) in [6.45, 7) is 6.76. The van der Waals surface area contributed by atoms with Gasteiger partial charge in [0.05, 0.1) is 11.6 Å². The van der Waals surface area contributed by atoms with E-state index in [4.69, 9.17) is 0 Å². The van der Waals surface area contributed by atoms with Gasteiger partial charge in [0, 0.05) is 11.0 Å². The van der Waals surface area contributed by atoms with Crippen LogP contribution in [0.2, 0.25) is 0 Å². The normalized spacial score (nSPS) is 21.6. The first kappa shape index (κ1) is 18.7. The molecule has 0 saturated carbocycles. The second kappa shape index (κ2) is 8.09. The summed E-state index contributed by atoms with van der Waals surface area (Å²) >= 11 is 3.47. The van der Waals surface area contributed by atoms with Gasteiger partial charge in [-0.3, -0.25) is 0 Å². The van der Waals surface area contributed by atoms with Crippen LogP contribution in [0.3, 0.4) is 0 Å². The highest BCUT2D eigenvalue weighted by Gasteiger charge is 2.37. The van der Waals surface area contributed by atoms with Crippen molar-refractivity contribution < 1.29 is 4.79 Å². The molecule has 2 atom stereocenters. The second-order valence-corrected chi connectivity index (χ2v) is 7.81. The van der Waals surface area contributed by atoms with Gasteiger partial charge in [-0.1, -0.05) is 64.5 Å². The maximum Gasteiger partial charge on any atom is 0.318 e. The lowest BCUT2D eigenvalue weighted by Crippen LogP contribution is -2.49. The van der Waals surface area contributed by atoms with Gasteiger partial charge in [0.1, 0.15) is 0 Å². The second-order valence-electron chi connectivity index (χ2n) is 6.90. The van der Waals surface area contributed by atoms with Crippen LogP contribution < -0.4 is 5.32 Å². The lowest BCUT2D eigenvalue weighted by Gasteiger charge is -2.34. The van der Waals surface area contributed by atoms with Gasteiger partial charge >= 0.3 is 6.03 Å². The molecule has 26 heavy (non-hydrogen) atoms. The van der Waals surface area contributed by atoms with Gasteiger partial charge in [0.15, 0.2) is 0 Å². The van der Waals surface area contributed by atoms with E-state index in [-0.39, 0.29) is 17.6 Å². The molecule has 1 aliphatic rings. The molecule has 1 saturated heterocycles. The third-order valence-corrected chi connectivity index (χ3v) is 5.78. The van der Waals surface area contributed by atoms with Crippen LogP contribution in [0.5, 0.6) is 0 Å². The summed E-state index contributed by atoms with van der Waals surface area (Å²) in [7, 11) is 0. The van der Waals surface area contributed by atoms with E-state index >= 15 is 0 Å². The number of nitrogens with zero attached hydrogens (tertiary/aromatic N) is 1. The highest BCUT2D eigenvalue weighted by atomic mass is 79.9. The smallest absolute Gasteiger partial charge is 0.318 e. The van der Waals surface area contributed by atoms with Crippen molar-refractivity contribution in [1.82, 2.24) is 10.2 Å². The van der Waals surface area contributed by atoms with E-state index in [1.165, 1.54) is 0 Å². The van der Waals surface area contributed by atoms with Gasteiger partial charge in [0.2, 0.25) is 0 Å². The molecular formula is C22H25BrN2O. The first-order chi connectivity index (χ1) is 12.6. The molecule has 0 radical (unpaired) electrons. The van der Waals surface area contributed by atoms with Crippen LogP contribution in [0.15, 0.2) is 71.7 Å². The fraction of sp³-hybridized carbons (Fsp3) is 0.318. The molecule has 2 aromatic rings. The van der Waals surface area contributed by atoms with Crippen molar-refractivity contribution in [3.05, 3.63) is 82.9 Å². The van der Waals surface area contributed by atoms with Gasteiger partial charge in [-0.05, 0) is 49.4 Å². The Balaban J connectivity index is 1.87. The summed E-state index contributed by atoms with van der Waals surface area (Å²) in [6, 6.07) is 18.4. The topological polar surface area (TPSA) is 32.3 Å². The number of halogens is 1. The van der Waals surface area contributed by atoms with Crippen LogP contribution in [-0.4, -0.2) is 17.5 Å². The Bertz CT molecular complexity index is 759. The minimum Gasteiger partial charge on any atom is -0.328 e. The molecule has 2 amide bonds. The van der Waals surface area contributed by atoms with Crippen LogP contribution in [0, 0.1) is 0 Å². The molecule has 1 fully saturated rings. The van der Waals surface area contributed by atoms with Crippen molar-refractivity contribution in [1.29, 1.82) is 0 Å². The van der Waals surface area contributed by atoms with Crippen LogP contribution in [0.1, 0.15) is 43.4 Å². The van der Waals surface area contributed by atoms with Crippen LogP contribution in [0.4, 0.5) is 4.79 Å². The molecule has 136 valence electrons. The Morgan fingerprint density at radius 1 is 1.23 bits per heavy atom. The summed E-state index contributed by atoms with van der Waals surface area (Å²) in [5.41, 5.74) is 1.90. The van der Waals surface area contributed by atoms with Crippen molar-refractivity contribution in [2.24, 2.45) is 0 Å². The Hall–Kier alpha value is -2.07. The van der Waals surface area contributed by atoms with Gasteiger partial charge in [-0.2, -0.15) is 0 Å². The molecule has 1 aliphatic heterocycles. The van der Waals surface area contributed by atoms with Crippen LogP contribution >= 0.6 is 15.9 Å². The van der Waals surface area contributed by atoms with Crippen molar-refractivity contribution in [3.8, 4) is 0 Å². The van der Waals surface area contributed by atoms with Gasteiger partial charge in [-0.15, -0.1) is 6.58 Å². The fourth-order valence-corrected chi connectivity index (χ4v) is 4.04. The Kier molecular flexibility index (Phi) is 5.82. The molecule has 0 bridgehead atoms. The summed E-state index contributed by atoms with van der Waals surface area (Å²) < 4.78 is 1.04. The number of carbonyl (C=O) groups excluding carboxylic acids is 1. The van der Waals surface area contributed by atoms with Crippen LogP contribution in [-0.2, 0) is 5.54 Å². The number of rotatable bonds is 5. The first-order valence-electron chi connectivity index (χ1n) is 9.06. The lowest BCUT2D eigenvalue weighted by molar-refractivity contribution is 0.178. The summed E-state index contributed by atoms with van der Waals surface area (Å²) in [6.07, 6.45) is 4.48. The highest BCUT2D eigenvalue weighted by Crippen LogP contribution is 2.35. The third-order valence-electron chi connectivity index (χ3n) is 5.25.